The van der Waals surface area contributed by atoms with Crippen LogP contribution in [0.2, 0.25) is 0 Å². The molecule has 0 spiro atoms. The van der Waals surface area contributed by atoms with Crippen molar-refractivity contribution in [1.29, 1.82) is 5.26 Å². The summed E-state index contributed by atoms with van der Waals surface area (Å²) in [7, 11) is 4.07. The van der Waals surface area contributed by atoms with E-state index in [2.05, 4.69) is 28.2 Å². The Balaban J connectivity index is 2.16. The topological polar surface area (TPSA) is 42.3 Å². The van der Waals surface area contributed by atoms with E-state index >= 15 is 0 Å². The molecule has 4 heteroatoms. The molecule has 0 radical (unpaired) electrons. The minimum Gasteiger partial charge on any atom is -0.305 e. The molecule has 1 unspecified atom stereocenters. The quantitative estimate of drug-likeness (QED) is 0.724. The van der Waals surface area contributed by atoms with E-state index in [-0.39, 0.29) is 5.54 Å². The molecule has 1 aliphatic heterocycles. The lowest BCUT2D eigenvalue weighted by Gasteiger charge is -2.23. The summed E-state index contributed by atoms with van der Waals surface area (Å²) in [5.41, 5.74) is -0.348. The molecule has 0 amide bonds. The minimum absolute atomic E-state index is 0.348. The van der Waals surface area contributed by atoms with Crippen LogP contribution in [0.15, 0.2) is 0 Å². The molecular weight excluding hydrogens is 224 g/mol. The van der Waals surface area contributed by atoms with Crippen LogP contribution in [0, 0.1) is 11.3 Å². The zero-order chi connectivity index (χ0) is 13.4. The molecule has 0 saturated carbocycles. The molecule has 1 heterocycles. The Labute approximate surface area is 112 Å². The summed E-state index contributed by atoms with van der Waals surface area (Å²) in [5.74, 6) is 0. The molecule has 0 aromatic rings. The maximum Gasteiger partial charge on any atom is 0.103 e. The number of nitrogens with zero attached hydrogens (tertiary/aromatic N) is 3. The number of likely N-dealkylation sites (N-methyl/N-ethyl adjacent to an activating group) is 1. The Bertz CT molecular complexity index is 273. The molecule has 1 fully saturated rings. The molecule has 1 atom stereocenters. The van der Waals surface area contributed by atoms with Gasteiger partial charge in [0, 0.05) is 13.1 Å². The van der Waals surface area contributed by atoms with Crippen LogP contribution in [-0.4, -0.2) is 62.2 Å². The first-order valence-electron chi connectivity index (χ1n) is 7.11. The highest BCUT2D eigenvalue weighted by molar-refractivity contribution is 5.02. The van der Waals surface area contributed by atoms with Crippen molar-refractivity contribution < 1.29 is 0 Å². The monoisotopic (exact) mass is 252 g/mol. The lowest BCUT2D eigenvalue weighted by molar-refractivity contribution is 0.267. The highest BCUT2D eigenvalue weighted by atomic mass is 15.2. The Morgan fingerprint density at radius 1 is 1.22 bits per heavy atom. The van der Waals surface area contributed by atoms with Crippen molar-refractivity contribution in [3.05, 3.63) is 0 Å². The van der Waals surface area contributed by atoms with Crippen LogP contribution in [0.3, 0.4) is 0 Å². The lowest BCUT2D eigenvalue weighted by Crippen LogP contribution is -2.38. The zero-order valence-corrected chi connectivity index (χ0v) is 12.2. The predicted molar refractivity (Wildman–Crippen MR) is 75.5 cm³/mol. The van der Waals surface area contributed by atoms with Crippen LogP contribution in [0.1, 0.15) is 32.6 Å². The predicted octanol–water partition coefficient (Wildman–Crippen LogP) is 1.30. The third-order valence-electron chi connectivity index (χ3n) is 4.01. The fourth-order valence-corrected chi connectivity index (χ4v) is 2.37. The number of rotatable bonds is 6. The molecule has 0 bridgehead atoms. The maximum atomic E-state index is 9.07. The molecule has 0 aromatic carbocycles. The van der Waals surface area contributed by atoms with Gasteiger partial charge in [-0.3, -0.25) is 0 Å². The molecule has 104 valence electrons. The van der Waals surface area contributed by atoms with Gasteiger partial charge in [0.1, 0.15) is 5.54 Å². The van der Waals surface area contributed by atoms with Gasteiger partial charge in [0.25, 0.3) is 0 Å². The Morgan fingerprint density at radius 3 is 2.67 bits per heavy atom. The summed E-state index contributed by atoms with van der Waals surface area (Å²) in [6.45, 7) is 7.99. The van der Waals surface area contributed by atoms with Gasteiger partial charge in [-0.25, -0.2) is 0 Å². The normalized spacial score (nSPS) is 22.1. The molecule has 1 rings (SSSR count). The standard InChI is InChI=1S/C14H28N4/c1-14(13-15,16-2)7-4-5-9-18-10-6-8-17(3)11-12-18/h16H,4-12H2,1-3H3. The van der Waals surface area contributed by atoms with Gasteiger partial charge >= 0.3 is 0 Å². The first kappa shape index (κ1) is 15.4. The second-order valence-electron chi connectivity index (χ2n) is 5.65. The molecule has 0 aliphatic carbocycles. The molecule has 1 N–H and O–H groups in total. The average Bonchev–Trinajstić information content (AvgIpc) is 2.59. The van der Waals surface area contributed by atoms with Crippen LogP contribution in [-0.2, 0) is 0 Å². The summed E-state index contributed by atoms with van der Waals surface area (Å²) in [6.07, 6.45) is 4.54. The highest BCUT2D eigenvalue weighted by Gasteiger charge is 2.20. The van der Waals surface area contributed by atoms with Gasteiger partial charge in [0.05, 0.1) is 6.07 Å². The molecule has 0 aromatic heterocycles. The van der Waals surface area contributed by atoms with Gasteiger partial charge in [-0.2, -0.15) is 5.26 Å². The zero-order valence-electron chi connectivity index (χ0n) is 12.2. The molecule has 1 aliphatic rings. The SMILES string of the molecule is CNC(C)(C#N)CCCCN1CCCN(C)CC1. The molecular formula is C14H28N4. The van der Waals surface area contributed by atoms with E-state index in [0.717, 1.165) is 12.8 Å². The largest absolute Gasteiger partial charge is 0.305 e. The van der Waals surface area contributed by atoms with E-state index in [4.69, 9.17) is 5.26 Å². The van der Waals surface area contributed by atoms with E-state index in [1.165, 1.54) is 45.6 Å². The van der Waals surface area contributed by atoms with Crippen LogP contribution in [0.5, 0.6) is 0 Å². The number of hydrogen-bond donors (Lipinski definition) is 1. The van der Waals surface area contributed by atoms with Crippen molar-refractivity contribution in [3.8, 4) is 6.07 Å². The number of nitrogens with one attached hydrogen (secondary N) is 1. The van der Waals surface area contributed by atoms with Gasteiger partial charge in [-0.15, -0.1) is 0 Å². The lowest BCUT2D eigenvalue weighted by atomic mass is 9.97. The van der Waals surface area contributed by atoms with Gasteiger partial charge in [0.15, 0.2) is 0 Å². The third kappa shape index (κ3) is 5.34. The smallest absolute Gasteiger partial charge is 0.103 e. The summed E-state index contributed by atoms with van der Waals surface area (Å²) in [4.78, 5) is 4.97. The van der Waals surface area contributed by atoms with Gasteiger partial charge < -0.3 is 15.1 Å². The minimum atomic E-state index is -0.348. The van der Waals surface area contributed by atoms with E-state index in [1.54, 1.807) is 0 Å². The van der Waals surface area contributed by atoms with E-state index in [0.29, 0.717) is 0 Å². The van der Waals surface area contributed by atoms with E-state index in [1.807, 2.05) is 14.0 Å². The van der Waals surface area contributed by atoms with Crippen molar-refractivity contribution in [3.63, 3.8) is 0 Å². The van der Waals surface area contributed by atoms with Gasteiger partial charge in [-0.1, -0.05) is 0 Å². The highest BCUT2D eigenvalue weighted by Crippen LogP contribution is 2.13. The first-order chi connectivity index (χ1) is 8.59. The van der Waals surface area contributed by atoms with Crippen LogP contribution in [0.25, 0.3) is 0 Å². The van der Waals surface area contributed by atoms with Crippen molar-refractivity contribution in [2.24, 2.45) is 0 Å². The van der Waals surface area contributed by atoms with Gasteiger partial charge in [-0.05, 0) is 66.3 Å². The summed E-state index contributed by atoms with van der Waals surface area (Å²) in [5, 5.41) is 12.2. The summed E-state index contributed by atoms with van der Waals surface area (Å²) >= 11 is 0. The summed E-state index contributed by atoms with van der Waals surface area (Å²) in [6, 6.07) is 2.35. The fourth-order valence-electron chi connectivity index (χ4n) is 2.37. The Morgan fingerprint density at radius 2 is 2.00 bits per heavy atom. The van der Waals surface area contributed by atoms with Crippen molar-refractivity contribution >= 4 is 0 Å². The second-order valence-corrected chi connectivity index (χ2v) is 5.65. The molecule has 1 saturated heterocycles. The number of nitriles is 1. The van der Waals surface area contributed by atoms with Crippen LogP contribution >= 0.6 is 0 Å². The third-order valence-corrected chi connectivity index (χ3v) is 4.01. The van der Waals surface area contributed by atoms with Crippen LogP contribution < -0.4 is 5.32 Å². The average molecular weight is 252 g/mol. The number of hydrogen-bond acceptors (Lipinski definition) is 4. The fraction of sp³-hybridized carbons (Fsp3) is 0.929. The molecule has 4 nitrogen and oxygen atoms in total. The molecule has 18 heavy (non-hydrogen) atoms. The second kappa shape index (κ2) is 7.73. The van der Waals surface area contributed by atoms with Crippen molar-refractivity contribution in [1.82, 2.24) is 15.1 Å². The first-order valence-corrected chi connectivity index (χ1v) is 7.11. The maximum absolute atomic E-state index is 9.07. The summed E-state index contributed by atoms with van der Waals surface area (Å²) < 4.78 is 0. The van der Waals surface area contributed by atoms with Crippen molar-refractivity contribution in [2.45, 2.75) is 38.1 Å². The van der Waals surface area contributed by atoms with Gasteiger partial charge in [0.2, 0.25) is 0 Å². The number of unbranched alkanes of at least 4 members (excludes halogenated alkanes) is 1. The Hall–Kier alpha value is -0.630. The van der Waals surface area contributed by atoms with E-state index in [9.17, 15) is 0 Å². The Kier molecular flexibility index (Phi) is 6.62. The van der Waals surface area contributed by atoms with Crippen molar-refractivity contribution in [2.75, 3.05) is 46.8 Å². The van der Waals surface area contributed by atoms with Crippen LogP contribution in [0.4, 0.5) is 0 Å². The van der Waals surface area contributed by atoms with E-state index < -0.39 is 0 Å².